The van der Waals surface area contributed by atoms with E-state index in [1.165, 1.54) is 18.2 Å². The maximum absolute atomic E-state index is 13.7. The topological polar surface area (TPSA) is 42.4 Å². The van der Waals surface area contributed by atoms with Crippen LogP contribution in [0.3, 0.4) is 0 Å². The summed E-state index contributed by atoms with van der Waals surface area (Å²) < 4.78 is 32.3. The maximum atomic E-state index is 13.7. The van der Waals surface area contributed by atoms with Crippen LogP contribution in [0, 0.1) is 11.6 Å². The van der Waals surface area contributed by atoms with Crippen molar-refractivity contribution in [1.29, 1.82) is 0 Å². The molecule has 1 aliphatic heterocycles. The van der Waals surface area contributed by atoms with Gasteiger partial charge in [-0.2, -0.15) is 0 Å². The van der Waals surface area contributed by atoms with E-state index in [4.69, 9.17) is 4.74 Å². The standard InChI is InChI=1S/C19H14F2N2O2S/c20-13-5-7-14(8-6-13)23-10-9-16-17(18(23)24)26-19(22-16)25-11-12-3-1-2-4-15(12)21/h1-8H,9-11H2. The van der Waals surface area contributed by atoms with Crippen LogP contribution in [0.5, 0.6) is 5.19 Å². The number of halogens is 2. The van der Waals surface area contributed by atoms with Crippen LogP contribution in [0.2, 0.25) is 0 Å². The number of anilines is 1. The monoisotopic (exact) mass is 372 g/mol. The van der Waals surface area contributed by atoms with Crippen molar-refractivity contribution < 1.29 is 18.3 Å². The normalized spacial score (nSPS) is 13.6. The van der Waals surface area contributed by atoms with Crippen molar-refractivity contribution in [3.05, 3.63) is 76.3 Å². The number of carbonyl (C=O) groups excluding carboxylic acids is 1. The van der Waals surface area contributed by atoms with E-state index in [-0.39, 0.29) is 24.1 Å². The fourth-order valence-corrected chi connectivity index (χ4v) is 3.70. The number of hydrogen-bond donors (Lipinski definition) is 0. The van der Waals surface area contributed by atoms with Crippen molar-refractivity contribution >= 4 is 22.9 Å². The van der Waals surface area contributed by atoms with Gasteiger partial charge >= 0.3 is 0 Å². The van der Waals surface area contributed by atoms with Gasteiger partial charge < -0.3 is 9.64 Å². The van der Waals surface area contributed by atoms with E-state index in [0.29, 0.717) is 40.0 Å². The van der Waals surface area contributed by atoms with E-state index in [1.807, 2.05) is 0 Å². The Labute approximate surface area is 152 Å². The molecule has 2 aromatic carbocycles. The van der Waals surface area contributed by atoms with Gasteiger partial charge in [-0.1, -0.05) is 29.5 Å². The van der Waals surface area contributed by atoms with Crippen LogP contribution in [-0.4, -0.2) is 17.4 Å². The molecular weight excluding hydrogens is 358 g/mol. The number of fused-ring (bicyclic) bond motifs is 1. The lowest BCUT2D eigenvalue weighted by Gasteiger charge is -2.25. The van der Waals surface area contributed by atoms with Gasteiger partial charge in [0.05, 0.1) is 5.69 Å². The summed E-state index contributed by atoms with van der Waals surface area (Å²) in [5.74, 6) is -0.871. The zero-order valence-electron chi connectivity index (χ0n) is 13.6. The van der Waals surface area contributed by atoms with Gasteiger partial charge in [-0.3, -0.25) is 4.79 Å². The lowest BCUT2D eigenvalue weighted by atomic mass is 10.1. The Morgan fingerprint density at radius 2 is 1.88 bits per heavy atom. The molecule has 1 aromatic heterocycles. The highest BCUT2D eigenvalue weighted by molar-refractivity contribution is 7.15. The Balaban J connectivity index is 1.52. The van der Waals surface area contributed by atoms with Crippen molar-refractivity contribution in [3.8, 4) is 5.19 Å². The molecule has 0 saturated carbocycles. The van der Waals surface area contributed by atoms with Gasteiger partial charge in [0.2, 0.25) is 0 Å². The number of amides is 1. The second-order valence-corrected chi connectivity index (χ2v) is 6.78. The molecule has 3 aromatic rings. The number of ether oxygens (including phenoxy) is 1. The minimum atomic E-state index is -0.347. The fraction of sp³-hybridized carbons (Fsp3) is 0.158. The minimum Gasteiger partial charge on any atom is -0.465 e. The highest BCUT2D eigenvalue weighted by Gasteiger charge is 2.29. The smallest absolute Gasteiger partial charge is 0.274 e. The van der Waals surface area contributed by atoms with Crippen LogP contribution in [0.15, 0.2) is 48.5 Å². The minimum absolute atomic E-state index is 0.0505. The molecule has 0 spiro atoms. The molecule has 1 amide bonds. The van der Waals surface area contributed by atoms with E-state index >= 15 is 0 Å². The first-order valence-corrected chi connectivity index (χ1v) is 8.87. The number of hydrogen-bond acceptors (Lipinski definition) is 4. The third kappa shape index (κ3) is 3.17. The molecule has 2 heterocycles. The van der Waals surface area contributed by atoms with E-state index in [9.17, 15) is 13.6 Å². The molecule has 7 heteroatoms. The third-order valence-electron chi connectivity index (χ3n) is 4.14. The second kappa shape index (κ2) is 6.84. The van der Waals surface area contributed by atoms with Gasteiger partial charge in [0.25, 0.3) is 11.1 Å². The average molecular weight is 372 g/mol. The summed E-state index contributed by atoms with van der Waals surface area (Å²) in [5.41, 5.74) is 1.76. The Kier molecular flexibility index (Phi) is 4.38. The van der Waals surface area contributed by atoms with Crippen molar-refractivity contribution in [3.63, 3.8) is 0 Å². The van der Waals surface area contributed by atoms with Crippen molar-refractivity contribution in [2.45, 2.75) is 13.0 Å². The third-order valence-corrected chi connectivity index (χ3v) is 5.13. The summed E-state index contributed by atoms with van der Waals surface area (Å²) >= 11 is 1.15. The first-order valence-electron chi connectivity index (χ1n) is 8.05. The van der Waals surface area contributed by atoms with E-state index in [2.05, 4.69) is 4.98 Å². The molecule has 1 aliphatic rings. The van der Waals surface area contributed by atoms with Gasteiger partial charge in [0.15, 0.2) is 0 Å². The maximum Gasteiger partial charge on any atom is 0.274 e. The van der Waals surface area contributed by atoms with Crippen LogP contribution in [0.1, 0.15) is 20.9 Å². The lowest BCUT2D eigenvalue weighted by molar-refractivity contribution is 0.0984. The molecule has 0 atom stereocenters. The van der Waals surface area contributed by atoms with Crippen molar-refractivity contribution in [2.75, 3.05) is 11.4 Å². The number of thiazole rings is 1. The van der Waals surface area contributed by atoms with Crippen LogP contribution in [-0.2, 0) is 13.0 Å². The predicted molar refractivity (Wildman–Crippen MR) is 94.6 cm³/mol. The lowest BCUT2D eigenvalue weighted by Crippen LogP contribution is -2.36. The number of benzene rings is 2. The second-order valence-electron chi connectivity index (χ2n) is 5.82. The van der Waals surface area contributed by atoms with Gasteiger partial charge in [-0.15, -0.1) is 0 Å². The molecular formula is C19H14F2N2O2S. The van der Waals surface area contributed by atoms with Crippen molar-refractivity contribution in [1.82, 2.24) is 4.98 Å². The van der Waals surface area contributed by atoms with Crippen LogP contribution < -0.4 is 9.64 Å². The summed E-state index contributed by atoms with van der Waals surface area (Å²) in [4.78, 5) is 19.2. The Morgan fingerprint density at radius 1 is 1.12 bits per heavy atom. The molecule has 0 saturated heterocycles. The van der Waals surface area contributed by atoms with E-state index in [1.54, 1.807) is 35.2 Å². The van der Waals surface area contributed by atoms with Crippen LogP contribution in [0.4, 0.5) is 14.5 Å². The molecule has 132 valence electrons. The molecule has 0 bridgehead atoms. The summed E-state index contributed by atoms with van der Waals surface area (Å²) in [6.45, 7) is 0.517. The fourth-order valence-electron chi connectivity index (χ4n) is 2.79. The van der Waals surface area contributed by atoms with Crippen molar-refractivity contribution in [2.24, 2.45) is 0 Å². The number of nitrogens with zero attached hydrogens (tertiary/aromatic N) is 2. The molecule has 0 aliphatic carbocycles. The highest BCUT2D eigenvalue weighted by Crippen LogP contribution is 2.32. The molecule has 0 unspecified atom stereocenters. The molecule has 26 heavy (non-hydrogen) atoms. The highest BCUT2D eigenvalue weighted by atomic mass is 32.1. The Morgan fingerprint density at radius 3 is 2.65 bits per heavy atom. The van der Waals surface area contributed by atoms with Gasteiger partial charge in [-0.25, -0.2) is 13.8 Å². The van der Waals surface area contributed by atoms with Gasteiger partial charge in [0, 0.05) is 24.2 Å². The quantitative estimate of drug-likeness (QED) is 0.689. The molecule has 4 rings (SSSR count). The Bertz CT molecular complexity index is 956. The first-order chi connectivity index (χ1) is 12.6. The first kappa shape index (κ1) is 16.7. The SMILES string of the molecule is O=C1c2sc(OCc3ccccc3F)nc2CCN1c1ccc(F)cc1. The zero-order chi connectivity index (χ0) is 18.1. The zero-order valence-corrected chi connectivity index (χ0v) is 14.4. The summed E-state index contributed by atoms with van der Waals surface area (Å²) in [6.07, 6.45) is 0.581. The van der Waals surface area contributed by atoms with E-state index < -0.39 is 0 Å². The largest absolute Gasteiger partial charge is 0.465 e. The predicted octanol–water partition coefficient (Wildman–Crippen LogP) is 4.20. The summed E-state index contributed by atoms with van der Waals surface area (Å²) in [5, 5.41) is 0.340. The summed E-state index contributed by atoms with van der Waals surface area (Å²) in [6, 6.07) is 12.2. The number of rotatable bonds is 4. The average Bonchev–Trinajstić information content (AvgIpc) is 3.06. The Hall–Kier alpha value is -2.80. The number of carbonyl (C=O) groups is 1. The summed E-state index contributed by atoms with van der Waals surface area (Å²) in [7, 11) is 0. The number of aromatic nitrogens is 1. The van der Waals surface area contributed by atoms with Crippen LogP contribution in [0.25, 0.3) is 0 Å². The molecule has 0 N–H and O–H groups in total. The van der Waals surface area contributed by atoms with Gasteiger partial charge in [0.1, 0.15) is 23.1 Å². The van der Waals surface area contributed by atoms with Gasteiger partial charge in [-0.05, 0) is 30.3 Å². The van der Waals surface area contributed by atoms with E-state index in [0.717, 1.165) is 11.3 Å². The molecule has 0 radical (unpaired) electrons. The van der Waals surface area contributed by atoms with Crippen LogP contribution >= 0.6 is 11.3 Å². The molecule has 4 nitrogen and oxygen atoms in total. The molecule has 0 fully saturated rings.